The predicted molar refractivity (Wildman–Crippen MR) is 131 cm³/mol. The maximum atomic E-state index is 13.4. The molecule has 0 spiro atoms. The number of aromatic nitrogens is 2. The van der Waals surface area contributed by atoms with Gasteiger partial charge < -0.3 is 4.74 Å². The van der Waals surface area contributed by atoms with Gasteiger partial charge in [-0.1, -0.05) is 25.1 Å². The molecule has 0 bridgehead atoms. The average molecular weight is 585 g/mol. The van der Waals surface area contributed by atoms with Crippen molar-refractivity contribution in [1.82, 2.24) is 14.5 Å². The largest absolute Gasteiger partial charge is 0.459 e. The van der Waals surface area contributed by atoms with Crippen molar-refractivity contribution in [3.05, 3.63) is 63.3 Å². The van der Waals surface area contributed by atoms with Gasteiger partial charge in [-0.25, -0.2) is 17.9 Å². The Morgan fingerprint density at radius 1 is 1.28 bits per heavy atom. The third-order valence-electron chi connectivity index (χ3n) is 5.44. The molecule has 1 N–H and O–H groups in total. The minimum atomic E-state index is -3.90. The van der Waals surface area contributed by atoms with Gasteiger partial charge in [0.05, 0.1) is 15.5 Å². The van der Waals surface area contributed by atoms with Crippen molar-refractivity contribution in [2.45, 2.75) is 49.0 Å². The Labute approximate surface area is 205 Å². The molecule has 3 aromatic rings. The van der Waals surface area contributed by atoms with E-state index in [4.69, 9.17) is 4.74 Å². The summed E-state index contributed by atoms with van der Waals surface area (Å²) in [7, 11) is -3.90. The first-order valence-electron chi connectivity index (χ1n) is 10.1. The highest BCUT2D eigenvalue weighted by atomic mass is 127. The Bertz CT molecular complexity index is 1250. The van der Waals surface area contributed by atoms with E-state index >= 15 is 0 Å². The number of thiophene rings is 1. The molecule has 1 aromatic carbocycles. The van der Waals surface area contributed by atoms with Crippen molar-refractivity contribution in [2.24, 2.45) is 5.92 Å². The van der Waals surface area contributed by atoms with E-state index in [9.17, 15) is 13.2 Å². The van der Waals surface area contributed by atoms with Crippen LogP contribution in [0, 0.1) is 9.49 Å². The van der Waals surface area contributed by atoms with Gasteiger partial charge >= 0.3 is 5.97 Å². The number of carbonyl (C=O) groups is 1. The number of hydrogen-bond acceptors (Lipinski definition) is 6. The zero-order valence-corrected chi connectivity index (χ0v) is 21.9. The summed E-state index contributed by atoms with van der Waals surface area (Å²) in [6, 6.07) is 10.9. The summed E-state index contributed by atoms with van der Waals surface area (Å²) < 4.78 is 37.5. The second kappa shape index (κ2) is 8.23. The highest BCUT2D eigenvalue weighted by molar-refractivity contribution is 14.1. The van der Waals surface area contributed by atoms with Crippen LogP contribution in [0.2, 0.25) is 0 Å². The molecule has 3 atom stereocenters. The average Bonchev–Trinajstić information content (AvgIpc) is 3.13. The van der Waals surface area contributed by atoms with Crippen molar-refractivity contribution in [2.75, 3.05) is 0 Å². The van der Waals surface area contributed by atoms with Crippen LogP contribution >= 0.6 is 33.9 Å². The number of carbonyl (C=O) groups excluding carboxylic acids is 1. The first kappa shape index (κ1) is 23.4. The van der Waals surface area contributed by atoms with Crippen molar-refractivity contribution in [3.8, 4) is 5.69 Å². The predicted octanol–water partition coefficient (Wildman–Crippen LogP) is 4.33. The molecule has 32 heavy (non-hydrogen) atoms. The van der Waals surface area contributed by atoms with Gasteiger partial charge in [-0.2, -0.15) is 9.82 Å². The maximum Gasteiger partial charge on any atom is 0.328 e. The standard InChI is InChI=1S/C22H24IN3O4S2/c1-14-19(15-7-5-8-17(11-15)26-13-16(23)12-24-26)22(14,20(27)30-21(2,3)4)25-32(28,29)18-9-6-10-31-18/h5-14,19,25H,1-4H3. The smallest absolute Gasteiger partial charge is 0.328 e. The molecule has 7 nitrogen and oxygen atoms in total. The van der Waals surface area contributed by atoms with Crippen LogP contribution in [0.5, 0.6) is 0 Å². The van der Waals surface area contributed by atoms with Crippen LogP contribution in [0.15, 0.2) is 58.4 Å². The Kier molecular flexibility index (Phi) is 6.02. The Morgan fingerprint density at radius 2 is 2.03 bits per heavy atom. The molecule has 2 heterocycles. The van der Waals surface area contributed by atoms with E-state index in [2.05, 4.69) is 32.4 Å². The number of sulfonamides is 1. The van der Waals surface area contributed by atoms with E-state index in [1.165, 1.54) is 6.07 Å². The summed E-state index contributed by atoms with van der Waals surface area (Å²) in [5, 5.41) is 6.04. The molecule has 1 fully saturated rings. The Hall–Kier alpha value is -1.76. The van der Waals surface area contributed by atoms with Crippen molar-refractivity contribution >= 4 is 49.9 Å². The summed E-state index contributed by atoms with van der Waals surface area (Å²) in [5.74, 6) is -1.23. The summed E-state index contributed by atoms with van der Waals surface area (Å²) in [4.78, 5) is 13.4. The van der Waals surface area contributed by atoms with Crippen LogP contribution in [0.25, 0.3) is 5.69 Å². The van der Waals surface area contributed by atoms with E-state index in [0.717, 1.165) is 26.2 Å². The van der Waals surface area contributed by atoms with Gasteiger partial charge in [-0.15, -0.1) is 11.3 Å². The number of nitrogens with zero attached hydrogens (tertiary/aromatic N) is 2. The summed E-state index contributed by atoms with van der Waals surface area (Å²) in [5.41, 5.74) is -0.449. The number of rotatable bonds is 6. The summed E-state index contributed by atoms with van der Waals surface area (Å²) in [6.45, 7) is 7.19. The van der Waals surface area contributed by atoms with Gasteiger partial charge in [-0.3, -0.25) is 0 Å². The highest BCUT2D eigenvalue weighted by Gasteiger charge is 2.71. The molecular formula is C22H24IN3O4S2. The van der Waals surface area contributed by atoms with Gasteiger partial charge in [0.2, 0.25) is 0 Å². The number of hydrogen-bond donors (Lipinski definition) is 1. The van der Waals surface area contributed by atoms with Crippen LogP contribution < -0.4 is 4.72 Å². The van der Waals surface area contributed by atoms with Gasteiger partial charge in [0.25, 0.3) is 10.0 Å². The van der Waals surface area contributed by atoms with Gasteiger partial charge in [0.15, 0.2) is 0 Å². The second-order valence-corrected chi connectivity index (χ2v) is 13.0. The first-order valence-corrected chi connectivity index (χ1v) is 13.5. The monoisotopic (exact) mass is 585 g/mol. The lowest BCUT2D eigenvalue weighted by Gasteiger charge is -2.25. The van der Waals surface area contributed by atoms with E-state index in [-0.39, 0.29) is 16.0 Å². The van der Waals surface area contributed by atoms with E-state index in [0.29, 0.717) is 0 Å². The highest BCUT2D eigenvalue weighted by Crippen LogP contribution is 2.59. The SMILES string of the molecule is CC1C(c2cccc(-n3cc(I)cn3)c2)C1(NS(=O)(=O)c1cccs1)C(=O)OC(C)(C)C. The lowest BCUT2D eigenvalue weighted by Crippen LogP contribution is -2.48. The van der Waals surface area contributed by atoms with Crippen molar-refractivity contribution in [1.29, 1.82) is 0 Å². The molecule has 170 valence electrons. The Morgan fingerprint density at radius 3 is 2.62 bits per heavy atom. The zero-order valence-electron chi connectivity index (χ0n) is 18.1. The molecular weight excluding hydrogens is 561 g/mol. The molecule has 3 unspecified atom stereocenters. The normalized spacial score (nSPS) is 23.2. The summed E-state index contributed by atoms with van der Waals surface area (Å²) in [6.07, 6.45) is 3.66. The Balaban J connectivity index is 1.74. The number of nitrogens with one attached hydrogen (secondary N) is 1. The fraction of sp³-hybridized carbons (Fsp3) is 0.364. The van der Waals surface area contributed by atoms with Crippen LogP contribution in [0.1, 0.15) is 39.2 Å². The number of ether oxygens (including phenoxy) is 1. The minimum absolute atomic E-state index is 0.165. The van der Waals surface area contributed by atoms with E-state index in [1.54, 1.807) is 43.1 Å². The van der Waals surface area contributed by atoms with Crippen LogP contribution in [-0.2, 0) is 19.6 Å². The second-order valence-electron chi connectivity index (χ2n) is 8.87. The molecule has 1 aliphatic rings. The molecule has 0 aliphatic heterocycles. The maximum absolute atomic E-state index is 13.4. The van der Waals surface area contributed by atoms with Crippen LogP contribution in [-0.4, -0.2) is 35.3 Å². The topological polar surface area (TPSA) is 90.3 Å². The molecule has 2 aromatic heterocycles. The molecule has 0 amide bonds. The van der Waals surface area contributed by atoms with E-state index < -0.39 is 27.1 Å². The first-order chi connectivity index (χ1) is 14.9. The summed E-state index contributed by atoms with van der Waals surface area (Å²) >= 11 is 3.30. The molecule has 4 rings (SSSR count). The third-order valence-corrected chi connectivity index (χ3v) is 8.88. The van der Waals surface area contributed by atoms with Crippen LogP contribution in [0.4, 0.5) is 0 Å². The van der Waals surface area contributed by atoms with Gasteiger partial charge in [-0.05, 0) is 78.4 Å². The molecule has 0 radical (unpaired) electrons. The molecule has 0 saturated heterocycles. The number of halogens is 1. The fourth-order valence-electron chi connectivity index (χ4n) is 3.98. The van der Waals surface area contributed by atoms with Gasteiger partial charge in [0, 0.05) is 12.1 Å². The van der Waals surface area contributed by atoms with Crippen molar-refractivity contribution in [3.63, 3.8) is 0 Å². The lowest BCUT2D eigenvalue weighted by molar-refractivity contribution is -0.158. The number of esters is 1. The molecule has 1 aliphatic carbocycles. The van der Waals surface area contributed by atoms with Crippen LogP contribution in [0.3, 0.4) is 0 Å². The quantitative estimate of drug-likeness (QED) is 0.344. The molecule has 1 saturated carbocycles. The van der Waals surface area contributed by atoms with Gasteiger partial charge in [0.1, 0.15) is 15.3 Å². The van der Waals surface area contributed by atoms with E-state index in [1.807, 2.05) is 37.4 Å². The molecule has 10 heteroatoms. The van der Waals surface area contributed by atoms with Crippen molar-refractivity contribution < 1.29 is 17.9 Å². The number of benzene rings is 1. The third kappa shape index (κ3) is 4.37. The lowest BCUT2D eigenvalue weighted by atomic mass is 10.1. The minimum Gasteiger partial charge on any atom is -0.459 e. The fourth-order valence-corrected chi connectivity index (χ4v) is 6.81. The zero-order chi connectivity index (χ0) is 23.3.